The third-order valence-electron chi connectivity index (χ3n) is 5.56. The second-order valence-electron chi connectivity index (χ2n) is 7.65. The maximum Gasteiger partial charge on any atom is 0.289 e. The monoisotopic (exact) mass is 414 g/mol. The largest absolute Gasteiger partial charge is 0.451 e. The van der Waals surface area contributed by atoms with Crippen LogP contribution in [0.25, 0.3) is 11.0 Å². The van der Waals surface area contributed by atoms with Crippen molar-refractivity contribution in [3.63, 3.8) is 0 Å². The number of nitrogens with zero attached hydrogens (tertiary/aromatic N) is 4. The molecule has 4 aromatic rings. The summed E-state index contributed by atoms with van der Waals surface area (Å²) >= 11 is 0. The van der Waals surface area contributed by atoms with Gasteiger partial charge in [0.25, 0.3) is 11.8 Å². The molecule has 0 aliphatic carbocycles. The SMILES string of the molecule is O=C(c1cnn(Cc2ccccc2)c1)N1CCN(C(=O)c2cc3ccccc3o2)CC1. The molecule has 1 aliphatic rings. The van der Waals surface area contributed by atoms with Crippen LogP contribution < -0.4 is 0 Å². The quantitative estimate of drug-likeness (QED) is 0.514. The number of amides is 2. The van der Waals surface area contributed by atoms with Crippen molar-refractivity contribution in [1.82, 2.24) is 19.6 Å². The number of hydrogen-bond acceptors (Lipinski definition) is 4. The number of piperazine rings is 1. The maximum atomic E-state index is 12.9. The van der Waals surface area contributed by atoms with E-state index in [1.165, 1.54) is 0 Å². The smallest absolute Gasteiger partial charge is 0.289 e. The van der Waals surface area contributed by atoms with E-state index in [0.717, 1.165) is 10.9 Å². The van der Waals surface area contributed by atoms with E-state index in [0.29, 0.717) is 49.6 Å². The molecule has 0 radical (unpaired) electrons. The molecule has 2 aromatic heterocycles. The molecule has 7 nitrogen and oxygen atoms in total. The summed E-state index contributed by atoms with van der Waals surface area (Å²) in [7, 11) is 0. The van der Waals surface area contributed by atoms with Crippen LogP contribution in [0.15, 0.2) is 77.5 Å². The Morgan fingerprint density at radius 1 is 0.871 bits per heavy atom. The molecule has 0 atom stereocenters. The van der Waals surface area contributed by atoms with Crippen LogP contribution in [0, 0.1) is 0 Å². The van der Waals surface area contributed by atoms with Crippen molar-refractivity contribution in [3.05, 3.63) is 89.9 Å². The molecule has 31 heavy (non-hydrogen) atoms. The fourth-order valence-electron chi connectivity index (χ4n) is 3.87. The summed E-state index contributed by atoms with van der Waals surface area (Å²) in [5.74, 6) is 0.136. The van der Waals surface area contributed by atoms with Crippen molar-refractivity contribution in [2.45, 2.75) is 6.54 Å². The van der Waals surface area contributed by atoms with Gasteiger partial charge < -0.3 is 14.2 Å². The Labute approximate surface area is 179 Å². The van der Waals surface area contributed by atoms with E-state index >= 15 is 0 Å². The number of carbonyl (C=O) groups is 2. The lowest BCUT2D eigenvalue weighted by Gasteiger charge is -2.34. The normalized spacial score (nSPS) is 14.2. The van der Waals surface area contributed by atoms with E-state index in [1.807, 2.05) is 54.6 Å². The summed E-state index contributed by atoms with van der Waals surface area (Å²) in [6, 6.07) is 19.3. The Morgan fingerprint density at radius 3 is 2.29 bits per heavy atom. The molecular formula is C24H22N4O3. The van der Waals surface area contributed by atoms with E-state index in [4.69, 9.17) is 4.42 Å². The van der Waals surface area contributed by atoms with Crippen molar-refractivity contribution < 1.29 is 14.0 Å². The first-order valence-corrected chi connectivity index (χ1v) is 10.3. The van der Waals surface area contributed by atoms with E-state index in [-0.39, 0.29) is 11.8 Å². The van der Waals surface area contributed by atoms with E-state index in [1.54, 1.807) is 32.9 Å². The summed E-state index contributed by atoms with van der Waals surface area (Å²) in [5.41, 5.74) is 2.39. The fourth-order valence-corrected chi connectivity index (χ4v) is 3.87. The van der Waals surface area contributed by atoms with Gasteiger partial charge in [-0.1, -0.05) is 48.5 Å². The lowest BCUT2D eigenvalue weighted by atomic mass is 10.2. The first kappa shape index (κ1) is 19.1. The van der Waals surface area contributed by atoms with Crippen molar-refractivity contribution >= 4 is 22.8 Å². The summed E-state index contributed by atoms with van der Waals surface area (Å²) in [4.78, 5) is 29.2. The van der Waals surface area contributed by atoms with Gasteiger partial charge in [0.05, 0.1) is 18.3 Å². The minimum atomic E-state index is -0.140. The maximum absolute atomic E-state index is 12.9. The van der Waals surface area contributed by atoms with Gasteiger partial charge in [-0.25, -0.2) is 0 Å². The second kappa shape index (κ2) is 8.10. The average molecular weight is 414 g/mol. The minimum Gasteiger partial charge on any atom is -0.451 e. The van der Waals surface area contributed by atoms with Gasteiger partial charge in [-0.3, -0.25) is 14.3 Å². The van der Waals surface area contributed by atoms with Gasteiger partial charge in [0.15, 0.2) is 5.76 Å². The minimum absolute atomic E-state index is 0.0600. The Bertz CT molecular complexity index is 1190. The fraction of sp³-hybridized carbons (Fsp3) is 0.208. The molecule has 0 N–H and O–H groups in total. The van der Waals surface area contributed by atoms with Gasteiger partial charge >= 0.3 is 0 Å². The zero-order chi connectivity index (χ0) is 21.2. The molecule has 1 saturated heterocycles. The summed E-state index contributed by atoms with van der Waals surface area (Å²) < 4.78 is 7.46. The molecule has 156 valence electrons. The lowest BCUT2D eigenvalue weighted by molar-refractivity contribution is 0.0519. The summed E-state index contributed by atoms with van der Waals surface area (Å²) in [5, 5.41) is 5.23. The van der Waals surface area contributed by atoms with Gasteiger partial charge in [-0.05, 0) is 17.7 Å². The van der Waals surface area contributed by atoms with Crippen LogP contribution in [0.5, 0.6) is 0 Å². The van der Waals surface area contributed by atoms with Crippen molar-refractivity contribution in [2.24, 2.45) is 0 Å². The predicted octanol–water partition coefficient (Wildman–Crippen LogP) is 3.28. The van der Waals surface area contributed by atoms with Crippen LogP contribution in [-0.4, -0.2) is 57.6 Å². The first-order chi connectivity index (χ1) is 15.2. The van der Waals surface area contributed by atoms with Gasteiger partial charge in [0.2, 0.25) is 0 Å². The molecule has 2 aromatic carbocycles. The molecule has 0 unspecified atom stereocenters. The Kier molecular flexibility index (Phi) is 5.00. The molecule has 0 bridgehead atoms. The topological polar surface area (TPSA) is 71.6 Å². The zero-order valence-electron chi connectivity index (χ0n) is 17.0. The Balaban J connectivity index is 1.20. The van der Waals surface area contributed by atoms with Crippen molar-refractivity contribution in [3.8, 4) is 0 Å². The Hall–Kier alpha value is -3.87. The summed E-state index contributed by atoms with van der Waals surface area (Å²) in [6.45, 7) is 2.52. The number of aromatic nitrogens is 2. The summed E-state index contributed by atoms with van der Waals surface area (Å²) in [6.07, 6.45) is 3.39. The van der Waals surface area contributed by atoms with E-state index in [2.05, 4.69) is 5.10 Å². The van der Waals surface area contributed by atoms with E-state index in [9.17, 15) is 9.59 Å². The van der Waals surface area contributed by atoms with Gasteiger partial charge in [-0.2, -0.15) is 5.10 Å². The molecule has 1 aliphatic heterocycles. The van der Waals surface area contributed by atoms with Crippen LogP contribution in [0.4, 0.5) is 0 Å². The number of rotatable bonds is 4. The standard InChI is InChI=1S/C24H22N4O3/c29-23(20-15-25-28(17-20)16-18-6-2-1-3-7-18)26-10-12-27(13-11-26)24(30)22-14-19-8-4-5-9-21(19)31-22/h1-9,14-15,17H,10-13,16H2. The highest BCUT2D eigenvalue weighted by molar-refractivity contribution is 5.97. The van der Waals surface area contributed by atoms with Crippen LogP contribution in [-0.2, 0) is 6.54 Å². The second-order valence-corrected chi connectivity index (χ2v) is 7.65. The highest BCUT2D eigenvalue weighted by atomic mass is 16.3. The van der Waals surface area contributed by atoms with Crippen molar-refractivity contribution in [2.75, 3.05) is 26.2 Å². The van der Waals surface area contributed by atoms with Crippen LogP contribution in [0.2, 0.25) is 0 Å². The highest BCUT2D eigenvalue weighted by Gasteiger charge is 2.27. The van der Waals surface area contributed by atoms with Crippen molar-refractivity contribution in [1.29, 1.82) is 0 Å². The number of benzene rings is 2. The molecule has 5 rings (SSSR count). The van der Waals surface area contributed by atoms with Crippen LogP contribution in [0.1, 0.15) is 26.5 Å². The molecular weight excluding hydrogens is 392 g/mol. The van der Waals surface area contributed by atoms with Gasteiger partial charge in [0.1, 0.15) is 5.58 Å². The number of hydrogen-bond donors (Lipinski definition) is 0. The molecule has 7 heteroatoms. The molecule has 1 fully saturated rings. The molecule has 2 amide bonds. The van der Waals surface area contributed by atoms with Gasteiger partial charge in [-0.15, -0.1) is 0 Å². The van der Waals surface area contributed by atoms with Crippen LogP contribution in [0.3, 0.4) is 0 Å². The van der Waals surface area contributed by atoms with E-state index < -0.39 is 0 Å². The molecule has 0 spiro atoms. The number of fused-ring (bicyclic) bond motifs is 1. The van der Waals surface area contributed by atoms with Gasteiger partial charge in [0, 0.05) is 37.8 Å². The third-order valence-corrected chi connectivity index (χ3v) is 5.56. The average Bonchev–Trinajstić information content (AvgIpc) is 3.46. The molecule has 0 saturated carbocycles. The Morgan fingerprint density at radius 2 is 1.55 bits per heavy atom. The highest BCUT2D eigenvalue weighted by Crippen LogP contribution is 2.21. The number of furan rings is 1. The lowest BCUT2D eigenvalue weighted by Crippen LogP contribution is -2.50. The van der Waals surface area contributed by atoms with Crippen LogP contribution >= 0.6 is 0 Å². The third kappa shape index (κ3) is 3.94. The first-order valence-electron chi connectivity index (χ1n) is 10.3. The predicted molar refractivity (Wildman–Crippen MR) is 116 cm³/mol. The molecule has 3 heterocycles. The number of para-hydroxylation sites is 1. The number of carbonyl (C=O) groups excluding carboxylic acids is 2. The zero-order valence-corrected chi connectivity index (χ0v) is 17.0.